The number of carbonyl (C=O) groups excluding carboxylic acids is 2. The Morgan fingerprint density at radius 1 is 0.646 bits per heavy atom. The molecule has 12 nitrogen and oxygen atoms in total. The quantitative estimate of drug-likeness (QED) is 0.0940. The third-order valence-electron chi connectivity index (χ3n) is 10.7. The van der Waals surface area contributed by atoms with E-state index in [2.05, 4.69) is 59.0 Å². The van der Waals surface area contributed by atoms with E-state index in [1.54, 1.807) is 52.6 Å². The molecule has 12 heteroatoms. The maximum atomic E-state index is 14.2. The first kappa shape index (κ1) is 41.4. The highest BCUT2D eigenvalue weighted by atomic mass is 16.2. The van der Waals surface area contributed by atoms with Gasteiger partial charge in [-0.1, -0.05) is 66.1 Å². The summed E-state index contributed by atoms with van der Waals surface area (Å²) in [5.41, 5.74) is 8.42. The third-order valence-corrected chi connectivity index (χ3v) is 10.7. The van der Waals surface area contributed by atoms with Crippen molar-refractivity contribution in [2.45, 2.75) is 26.4 Å². The molecule has 65 heavy (non-hydrogen) atoms. The van der Waals surface area contributed by atoms with Gasteiger partial charge < -0.3 is 19.8 Å². The van der Waals surface area contributed by atoms with Crippen LogP contribution in [0.1, 0.15) is 60.8 Å². The van der Waals surface area contributed by atoms with Crippen LogP contribution in [0.2, 0.25) is 0 Å². The summed E-state index contributed by atoms with van der Waals surface area (Å²) in [5.74, 6) is 13.8. The number of benzene rings is 5. The zero-order valence-electron chi connectivity index (χ0n) is 35.5. The lowest BCUT2D eigenvalue weighted by Crippen LogP contribution is -2.25. The van der Waals surface area contributed by atoms with Crippen LogP contribution in [0.15, 0.2) is 177 Å². The molecule has 4 aromatic heterocycles. The van der Waals surface area contributed by atoms with Crippen LogP contribution in [-0.4, -0.2) is 57.0 Å². The minimum Gasteiger partial charge on any atom is -0.352 e. The fourth-order valence-corrected chi connectivity index (χ4v) is 7.36. The maximum Gasteiger partial charge on any atom is 0.255 e. The van der Waals surface area contributed by atoms with Crippen molar-refractivity contribution in [3.05, 3.63) is 222 Å². The average molecular weight is 851 g/mol. The van der Waals surface area contributed by atoms with E-state index >= 15 is 0 Å². The molecule has 316 valence electrons. The number of carbonyl (C=O) groups is 2. The van der Waals surface area contributed by atoms with Gasteiger partial charge in [0, 0.05) is 103 Å². The number of amides is 2. The van der Waals surface area contributed by atoms with Crippen molar-refractivity contribution in [2.75, 3.05) is 11.9 Å². The topological polar surface area (TPSA) is 129 Å². The van der Waals surface area contributed by atoms with Crippen LogP contribution in [-0.2, 0) is 13.1 Å². The molecule has 0 saturated carbocycles. The second-order valence-electron chi connectivity index (χ2n) is 15.2. The highest BCUT2D eigenvalue weighted by molar-refractivity contribution is 6.06. The normalized spacial score (nSPS) is 10.7. The standard InChI is InChI=1S/C53H42N10O2/c1-39-55-27-32-61(39)28-6-23-56-52(64)46-19-22-50(62-29-7-24-57-62)44(34-46)17-14-41-11-5-12-43(33-41)49-36-47(53(65)59-48-20-15-42(16-21-48)37-60-31-26-54-38-60)35-45(51(49)63-30-8-25-58-63)18-13-40-9-3-2-4-10-40/h2-5,7-12,15-16,19-22,24-27,29-36,38H,6,23,28,37H2,1H3,(H,56,64)(H,59,65). The average Bonchev–Trinajstić information content (AvgIpc) is 4.21. The minimum absolute atomic E-state index is 0.187. The predicted octanol–water partition coefficient (Wildman–Crippen LogP) is 8.35. The van der Waals surface area contributed by atoms with Crippen molar-refractivity contribution in [3.63, 3.8) is 0 Å². The number of hydrogen-bond acceptors (Lipinski definition) is 6. The molecule has 2 N–H and O–H groups in total. The Morgan fingerprint density at radius 3 is 2.17 bits per heavy atom. The van der Waals surface area contributed by atoms with E-state index in [0.29, 0.717) is 52.3 Å². The first-order valence-corrected chi connectivity index (χ1v) is 21.1. The number of nitrogens with zero attached hydrogens (tertiary/aromatic N) is 8. The second-order valence-corrected chi connectivity index (χ2v) is 15.2. The van der Waals surface area contributed by atoms with E-state index < -0.39 is 0 Å². The Labute approximate surface area is 376 Å². The van der Waals surface area contributed by atoms with E-state index in [0.717, 1.165) is 46.7 Å². The SMILES string of the molecule is Cc1nccn1CCCNC(=O)c1ccc(-n2cccn2)c(C#Cc2cccc(-c3cc(C(=O)Nc4ccc(Cn5ccnc5)cc4)cc(C#Cc4ccccc4)c3-n3cccn3)c2)c1. The molecule has 0 bridgehead atoms. The summed E-state index contributed by atoms with van der Waals surface area (Å²) in [5, 5.41) is 15.2. The van der Waals surface area contributed by atoms with Crippen molar-refractivity contribution in [1.82, 2.24) is 44.0 Å². The number of aromatic nitrogens is 8. The predicted molar refractivity (Wildman–Crippen MR) is 251 cm³/mol. The zero-order valence-corrected chi connectivity index (χ0v) is 35.5. The van der Waals surface area contributed by atoms with Gasteiger partial charge in [-0.15, -0.1) is 0 Å². The molecule has 2 amide bonds. The molecule has 0 fully saturated rings. The number of anilines is 1. The van der Waals surface area contributed by atoms with Gasteiger partial charge in [-0.2, -0.15) is 10.2 Å². The molecular formula is C53H42N10O2. The molecule has 0 aliphatic rings. The van der Waals surface area contributed by atoms with Crippen LogP contribution < -0.4 is 10.6 Å². The molecule has 9 aromatic rings. The highest BCUT2D eigenvalue weighted by Crippen LogP contribution is 2.32. The van der Waals surface area contributed by atoms with Crippen molar-refractivity contribution >= 4 is 17.5 Å². The van der Waals surface area contributed by atoms with Gasteiger partial charge in [-0.05, 0) is 103 Å². The van der Waals surface area contributed by atoms with Gasteiger partial charge in [0.15, 0.2) is 0 Å². The Morgan fingerprint density at radius 2 is 1.42 bits per heavy atom. The largest absolute Gasteiger partial charge is 0.352 e. The molecule has 0 atom stereocenters. The first-order chi connectivity index (χ1) is 31.9. The van der Waals surface area contributed by atoms with Crippen LogP contribution in [0.3, 0.4) is 0 Å². The zero-order chi connectivity index (χ0) is 44.4. The van der Waals surface area contributed by atoms with Gasteiger partial charge in [0.2, 0.25) is 0 Å². The van der Waals surface area contributed by atoms with E-state index in [4.69, 9.17) is 0 Å². The molecule has 0 aliphatic carbocycles. The fraction of sp³-hybridized carbons (Fsp3) is 0.0943. The smallest absolute Gasteiger partial charge is 0.255 e. The molecule has 9 rings (SSSR count). The third kappa shape index (κ3) is 10.0. The van der Waals surface area contributed by atoms with Gasteiger partial charge in [-0.3, -0.25) is 9.59 Å². The Balaban J connectivity index is 1.05. The van der Waals surface area contributed by atoms with Crippen LogP contribution in [0.5, 0.6) is 0 Å². The monoisotopic (exact) mass is 850 g/mol. The molecule has 0 saturated heterocycles. The van der Waals surface area contributed by atoms with Gasteiger partial charge >= 0.3 is 0 Å². The van der Waals surface area contributed by atoms with E-state index in [-0.39, 0.29) is 11.8 Å². The molecule has 0 spiro atoms. The van der Waals surface area contributed by atoms with Crippen LogP contribution >= 0.6 is 0 Å². The molecule has 0 unspecified atom stereocenters. The Kier molecular flexibility index (Phi) is 12.3. The number of rotatable bonds is 12. The van der Waals surface area contributed by atoms with Crippen molar-refractivity contribution < 1.29 is 9.59 Å². The maximum absolute atomic E-state index is 14.2. The molecule has 0 aliphatic heterocycles. The summed E-state index contributed by atoms with van der Waals surface area (Å²) in [6.07, 6.45) is 17.0. The first-order valence-electron chi connectivity index (χ1n) is 21.1. The lowest BCUT2D eigenvalue weighted by atomic mass is 9.95. The summed E-state index contributed by atoms with van der Waals surface area (Å²) in [6.45, 7) is 3.89. The summed E-state index contributed by atoms with van der Waals surface area (Å²) < 4.78 is 7.55. The van der Waals surface area contributed by atoms with Crippen molar-refractivity contribution in [1.29, 1.82) is 0 Å². The Bertz CT molecular complexity index is 3200. The van der Waals surface area contributed by atoms with Crippen LogP contribution in [0, 0.1) is 30.6 Å². The van der Waals surface area contributed by atoms with E-state index in [9.17, 15) is 9.59 Å². The van der Waals surface area contributed by atoms with E-state index in [1.165, 1.54) is 0 Å². The van der Waals surface area contributed by atoms with Crippen molar-refractivity contribution in [3.8, 4) is 46.2 Å². The summed E-state index contributed by atoms with van der Waals surface area (Å²) in [6, 6.07) is 38.1. The van der Waals surface area contributed by atoms with Gasteiger partial charge in [0.25, 0.3) is 11.8 Å². The number of hydrogen-bond donors (Lipinski definition) is 2. The molecule has 4 heterocycles. The number of imidazole rings is 2. The van der Waals surface area contributed by atoms with E-state index in [1.807, 2.05) is 145 Å². The molecule has 5 aromatic carbocycles. The lowest BCUT2D eigenvalue weighted by Gasteiger charge is -2.16. The van der Waals surface area contributed by atoms with Crippen LogP contribution in [0.25, 0.3) is 22.5 Å². The Hall–Kier alpha value is -9.00. The molecular weight excluding hydrogens is 809 g/mol. The van der Waals surface area contributed by atoms with Crippen LogP contribution in [0.4, 0.5) is 5.69 Å². The lowest BCUT2D eigenvalue weighted by molar-refractivity contribution is 0.0951. The number of nitrogens with one attached hydrogen (secondary N) is 2. The van der Waals surface area contributed by atoms with Gasteiger partial charge in [-0.25, -0.2) is 19.3 Å². The second kappa shape index (κ2) is 19.4. The highest BCUT2D eigenvalue weighted by Gasteiger charge is 2.19. The number of aryl methyl sites for hydroxylation is 2. The minimum atomic E-state index is -0.289. The van der Waals surface area contributed by atoms with Gasteiger partial charge in [0.05, 0.1) is 28.8 Å². The molecule has 0 radical (unpaired) electrons. The van der Waals surface area contributed by atoms with Gasteiger partial charge in [0.1, 0.15) is 5.82 Å². The summed E-state index contributed by atoms with van der Waals surface area (Å²) in [7, 11) is 0. The summed E-state index contributed by atoms with van der Waals surface area (Å²) >= 11 is 0. The fourth-order valence-electron chi connectivity index (χ4n) is 7.36. The van der Waals surface area contributed by atoms with Crippen molar-refractivity contribution in [2.24, 2.45) is 0 Å². The summed E-state index contributed by atoms with van der Waals surface area (Å²) in [4.78, 5) is 36.0.